The van der Waals surface area contributed by atoms with Crippen LogP contribution in [0.25, 0.3) is 11.2 Å². The summed E-state index contributed by atoms with van der Waals surface area (Å²) < 4.78 is 37.2. The van der Waals surface area contributed by atoms with E-state index in [1.54, 1.807) is 44.2 Å². The highest BCUT2D eigenvalue weighted by Crippen LogP contribution is 2.47. The minimum atomic E-state index is -4.26. The lowest BCUT2D eigenvalue weighted by molar-refractivity contribution is -0.149. The number of nitrogens with two attached hydrogens (primary N) is 1. The largest absolute Gasteiger partial charge is 0.462 e. The molecule has 0 bridgehead atoms. The van der Waals surface area contributed by atoms with E-state index in [2.05, 4.69) is 20.0 Å². The smallest absolute Gasteiger partial charge is 0.459 e. The average Bonchev–Trinajstić information content (AvgIpc) is 3.36. The van der Waals surface area contributed by atoms with E-state index in [9.17, 15) is 24.4 Å². The van der Waals surface area contributed by atoms with Gasteiger partial charge in [0.25, 0.3) is 5.56 Å². The molecule has 6 atom stereocenters. The predicted molar refractivity (Wildman–Crippen MR) is 138 cm³/mol. The number of nitrogens with one attached hydrogen (secondary N) is 2. The Kier molecular flexibility index (Phi) is 8.12. The Balaban J connectivity index is 1.56. The predicted octanol–water partition coefficient (Wildman–Crippen LogP) is 0.845. The molecule has 1 aromatic carbocycles. The molecule has 16 heteroatoms. The third-order valence-corrected chi connectivity index (χ3v) is 7.54. The van der Waals surface area contributed by atoms with Crippen molar-refractivity contribution < 1.29 is 38.1 Å². The van der Waals surface area contributed by atoms with Crippen molar-refractivity contribution in [2.75, 3.05) is 12.3 Å². The van der Waals surface area contributed by atoms with Crippen LogP contribution < -0.4 is 20.9 Å². The number of benzene rings is 1. The minimum Gasteiger partial charge on any atom is -0.462 e. The Morgan fingerprint density at radius 1 is 1.33 bits per heavy atom. The van der Waals surface area contributed by atoms with E-state index in [0.717, 1.165) is 0 Å². The molecule has 15 nitrogen and oxygen atoms in total. The summed E-state index contributed by atoms with van der Waals surface area (Å²) in [4.78, 5) is 34.9. The van der Waals surface area contributed by atoms with Gasteiger partial charge in [-0.1, -0.05) is 18.2 Å². The van der Waals surface area contributed by atoms with Crippen LogP contribution in [-0.4, -0.2) is 72.3 Å². The number of esters is 1. The number of aliphatic hydroxyl groups is 2. The number of carbonyl (C=O) groups excluding carboxylic acids is 1. The fraction of sp³-hybridized carbons (Fsp3) is 0.478. The number of anilines is 1. The van der Waals surface area contributed by atoms with Gasteiger partial charge in [0.15, 0.2) is 17.4 Å². The third-order valence-electron chi connectivity index (χ3n) is 5.89. The Hall–Kier alpha value is -3.33. The molecular formula is C23H31N6O9P. The van der Waals surface area contributed by atoms with Crippen LogP contribution in [0.3, 0.4) is 0 Å². The first-order valence-corrected chi connectivity index (χ1v) is 13.6. The molecule has 6 N–H and O–H groups in total. The van der Waals surface area contributed by atoms with Crippen LogP contribution in [0.15, 0.2) is 41.5 Å². The summed E-state index contributed by atoms with van der Waals surface area (Å²) in [6.45, 7) is 5.56. The van der Waals surface area contributed by atoms with Crippen LogP contribution in [0.2, 0.25) is 0 Å². The molecule has 212 valence electrons. The number of nitrogens with zero attached hydrogens (tertiary/aromatic N) is 3. The number of para-hydroxylation sites is 1. The van der Waals surface area contributed by atoms with Gasteiger partial charge >= 0.3 is 13.7 Å². The molecule has 1 fully saturated rings. The maximum absolute atomic E-state index is 13.7. The summed E-state index contributed by atoms with van der Waals surface area (Å²) in [7, 11) is -4.26. The number of nitrogen functional groups attached to an aromatic ring is 1. The van der Waals surface area contributed by atoms with Gasteiger partial charge in [0.05, 0.1) is 19.0 Å². The van der Waals surface area contributed by atoms with E-state index in [-0.39, 0.29) is 22.9 Å². The van der Waals surface area contributed by atoms with Gasteiger partial charge in [-0.05, 0) is 39.8 Å². The van der Waals surface area contributed by atoms with Crippen LogP contribution in [0.1, 0.15) is 33.9 Å². The second kappa shape index (κ2) is 11.0. The molecular weight excluding hydrogens is 535 g/mol. The maximum Gasteiger partial charge on any atom is 0.459 e. The quantitative estimate of drug-likeness (QED) is 0.170. The number of rotatable bonds is 10. The number of hydrogen-bond donors (Lipinski definition) is 5. The zero-order valence-electron chi connectivity index (χ0n) is 21.7. The summed E-state index contributed by atoms with van der Waals surface area (Å²) in [5.74, 6) is -0.670. The Morgan fingerprint density at radius 3 is 2.69 bits per heavy atom. The summed E-state index contributed by atoms with van der Waals surface area (Å²) in [6.07, 6.45) is -3.24. The molecule has 1 saturated heterocycles. The maximum atomic E-state index is 13.7. The topological polar surface area (TPSA) is 213 Å². The zero-order valence-corrected chi connectivity index (χ0v) is 22.6. The number of imidazole rings is 1. The second-order valence-electron chi connectivity index (χ2n) is 9.51. The molecule has 39 heavy (non-hydrogen) atoms. The molecule has 0 radical (unpaired) electrons. The fourth-order valence-corrected chi connectivity index (χ4v) is 5.50. The highest BCUT2D eigenvalue weighted by molar-refractivity contribution is 7.52. The molecule has 4 rings (SSSR count). The Bertz CT molecular complexity index is 1430. The standard InChI is InChI=1S/C23H31N6O9P/c1-12(2)36-20(32)13(3)28-39(34,38-14-8-6-5-7-9-14)35-10-15-17(30)23(4,33)21(37-15)29-11-25-16-18(29)26-22(24)27-19(16)31/h5-9,11-13,15,17,21,30,33H,10H2,1-4H3,(H,28,34)(H3,24,26,27,31)/t13?,15-,17-,21-,23-,39+/m1/s1. The zero-order chi connectivity index (χ0) is 28.5. The van der Waals surface area contributed by atoms with E-state index >= 15 is 0 Å². The molecule has 3 aromatic rings. The lowest BCUT2D eigenvalue weighted by Gasteiger charge is -2.27. The molecule has 1 aliphatic rings. The van der Waals surface area contributed by atoms with Gasteiger partial charge in [-0.25, -0.2) is 9.55 Å². The third kappa shape index (κ3) is 6.13. The number of hydrogen-bond acceptors (Lipinski definition) is 12. The number of carbonyl (C=O) groups is 1. The highest BCUT2D eigenvalue weighted by Gasteiger charge is 2.54. The van der Waals surface area contributed by atoms with Gasteiger partial charge in [0.1, 0.15) is 29.6 Å². The van der Waals surface area contributed by atoms with Crippen molar-refractivity contribution in [3.8, 4) is 5.75 Å². The lowest BCUT2D eigenvalue weighted by Crippen LogP contribution is -2.44. The van der Waals surface area contributed by atoms with Gasteiger partial charge in [0.2, 0.25) is 5.95 Å². The number of fused-ring (bicyclic) bond motifs is 1. The summed E-state index contributed by atoms with van der Waals surface area (Å²) >= 11 is 0. The molecule has 0 amide bonds. The average molecular weight is 567 g/mol. The number of ether oxygens (including phenoxy) is 2. The van der Waals surface area contributed by atoms with Crippen LogP contribution in [0.5, 0.6) is 5.75 Å². The van der Waals surface area contributed by atoms with E-state index < -0.39 is 62.1 Å². The monoisotopic (exact) mass is 566 g/mol. The van der Waals surface area contributed by atoms with E-state index in [1.807, 2.05) is 0 Å². The van der Waals surface area contributed by atoms with Crippen molar-refractivity contribution in [1.29, 1.82) is 0 Å². The fourth-order valence-electron chi connectivity index (χ4n) is 4.00. The number of aliphatic hydroxyl groups excluding tert-OH is 1. The molecule has 2 aromatic heterocycles. The molecule has 0 spiro atoms. The number of H-pyrrole nitrogens is 1. The van der Waals surface area contributed by atoms with E-state index in [4.69, 9.17) is 24.3 Å². The molecule has 1 unspecified atom stereocenters. The first-order valence-electron chi connectivity index (χ1n) is 12.1. The first-order chi connectivity index (χ1) is 18.3. The van der Waals surface area contributed by atoms with E-state index in [0.29, 0.717) is 0 Å². The molecule has 3 heterocycles. The Labute approximate surface area is 222 Å². The minimum absolute atomic E-state index is 0.0209. The van der Waals surface area contributed by atoms with Crippen molar-refractivity contribution in [2.45, 2.75) is 63.9 Å². The van der Waals surface area contributed by atoms with Gasteiger partial charge in [-0.2, -0.15) is 10.1 Å². The Morgan fingerprint density at radius 2 is 2.03 bits per heavy atom. The van der Waals surface area contributed by atoms with Crippen molar-refractivity contribution in [2.24, 2.45) is 0 Å². The van der Waals surface area contributed by atoms with Gasteiger partial charge < -0.3 is 29.9 Å². The summed E-state index contributed by atoms with van der Waals surface area (Å²) in [5, 5.41) is 24.6. The highest BCUT2D eigenvalue weighted by atomic mass is 31.2. The number of aromatic amines is 1. The molecule has 0 saturated carbocycles. The van der Waals surface area contributed by atoms with E-state index in [1.165, 1.54) is 24.7 Å². The van der Waals surface area contributed by atoms with Gasteiger partial charge in [-0.15, -0.1) is 0 Å². The van der Waals surface area contributed by atoms with Crippen molar-refractivity contribution in [3.05, 3.63) is 47.0 Å². The van der Waals surface area contributed by atoms with Crippen LogP contribution in [-0.2, 0) is 23.4 Å². The lowest BCUT2D eigenvalue weighted by atomic mass is 9.96. The molecule has 0 aliphatic carbocycles. The van der Waals surface area contributed by atoms with Gasteiger partial charge in [-0.3, -0.25) is 23.7 Å². The summed E-state index contributed by atoms with van der Waals surface area (Å²) in [6, 6.07) is 7.04. The van der Waals surface area contributed by atoms with Crippen molar-refractivity contribution in [1.82, 2.24) is 24.6 Å². The second-order valence-corrected chi connectivity index (χ2v) is 11.2. The van der Waals surface area contributed by atoms with Crippen molar-refractivity contribution in [3.63, 3.8) is 0 Å². The van der Waals surface area contributed by atoms with Crippen LogP contribution >= 0.6 is 7.75 Å². The SMILES string of the molecule is CC(C)OC(=O)C(C)N[P@](=O)(OC[C@H]1O[C@@H](n2cnc3c(=O)[nH]c(N)nc32)[C@](C)(O)[C@@H]1O)Oc1ccccc1. The normalized spacial score (nSPS) is 25.5. The van der Waals surface area contributed by atoms with Crippen molar-refractivity contribution >= 4 is 30.8 Å². The number of aromatic nitrogens is 4. The van der Waals surface area contributed by atoms with Gasteiger partial charge in [0, 0.05) is 0 Å². The first kappa shape index (κ1) is 28.7. The summed E-state index contributed by atoms with van der Waals surface area (Å²) in [5.41, 5.74) is 3.11. The van der Waals surface area contributed by atoms with Crippen LogP contribution in [0.4, 0.5) is 5.95 Å². The van der Waals surface area contributed by atoms with Crippen LogP contribution in [0, 0.1) is 0 Å². The molecule has 1 aliphatic heterocycles.